The number of carboxylic acids is 1. The van der Waals surface area contributed by atoms with E-state index in [0.29, 0.717) is 11.5 Å². The topological polar surface area (TPSA) is 57.6 Å². The van der Waals surface area contributed by atoms with Crippen LogP contribution in [0.3, 0.4) is 0 Å². The zero-order valence-electron chi connectivity index (χ0n) is 11.8. The van der Waals surface area contributed by atoms with Gasteiger partial charge in [0.15, 0.2) is 0 Å². The molecular weight excluding hydrogens is 254 g/mol. The van der Waals surface area contributed by atoms with E-state index in [1.807, 2.05) is 26.1 Å². The van der Waals surface area contributed by atoms with Crippen LogP contribution in [0, 0.1) is 12.8 Å². The molecule has 1 fully saturated rings. The average Bonchev–Trinajstić information content (AvgIpc) is 3.20. The van der Waals surface area contributed by atoms with Crippen LogP contribution in [0.2, 0.25) is 0 Å². The van der Waals surface area contributed by atoms with Crippen LogP contribution in [0.15, 0.2) is 24.3 Å². The molecule has 1 aromatic rings. The highest BCUT2D eigenvalue weighted by molar-refractivity contribution is 5.96. The van der Waals surface area contributed by atoms with E-state index in [2.05, 4.69) is 0 Å². The maximum atomic E-state index is 12.4. The molecule has 1 aromatic carbocycles. The molecule has 0 saturated heterocycles. The van der Waals surface area contributed by atoms with Gasteiger partial charge in [-0.2, -0.15) is 0 Å². The van der Waals surface area contributed by atoms with Gasteiger partial charge in [-0.3, -0.25) is 4.79 Å². The van der Waals surface area contributed by atoms with Gasteiger partial charge < -0.3 is 10.0 Å². The van der Waals surface area contributed by atoms with E-state index in [1.165, 1.54) is 18.9 Å². The number of carboxylic acid groups (broad SMARTS) is 1. The molecular formula is C16H19NO3. The summed E-state index contributed by atoms with van der Waals surface area (Å²) in [5.74, 6) is -0.344. The lowest BCUT2D eigenvalue weighted by Gasteiger charge is -2.18. The molecule has 2 rings (SSSR count). The van der Waals surface area contributed by atoms with Crippen LogP contribution < -0.4 is 0 Å². The van der Waals surface area contributed by atoms with Crippen molar-refractivity contribution in [2.45, 2.75) is 19.8 Å². The number of hydrogen-bond donors (Lipinski definition) is 1. The molecule has 20 heavy (non-hydrogen) atoms. The van der Waals surface area contributed by atoms with E-state index in [1.54, 1.807) is 11.0 Å². The lowest BCUT2D eigenvalue weighted by Crippen LogP contribution is -2.29. The van der Waals surface area contributed by atoms with Gasteiger partial charge in [0, 0.05) is 25.2 Å². The van der Waals surface area contributed by atoms with Crippen LogP contribution in [0.5, 0.6) is 0 Å². The number of carbonyl (C=O) groups excluding carboxylic acids is 1. The Morgan fingerprint density at radius 1 is 1.40 bits per heavy atom. The van der Waals surface area contributed by atoms with Crippen molar-refractivity contribution in [3.63, 3.8) is 0 Å². The zero-order chi connectivity index (χ0) is 14.7. The first-order valence-electron chi connectivity index (χ1n) is 6.74. The maximum Gasteiger partial charge on any atom is 0.328 e. The number of benzene rings is 1. The summed E-state index contributed by atoms with van der Waals surface area (Å²) in [6.07, 6.45) is 4.99. The van der Waals surface area contributed by atoms with Crippen LogP contribution in [-0.2, 0) is 4.79 Å². The van der Waals surface area contributed by atoms with E-state index in [4.69, 9.17) is 5.11 Å². The van der Waals surface area contributed by atoms with Gasteiger partial charge in [0.05, 0.1) is 0 Å². The third-order valence-corrected chi connectivity index (χ3v) is 3.49. The first-order chi connectivity index (χ1) is 9.47. The smallest absolute Gasteiger partial charge is 0.328 e. The minimum absolute atomic E-state index is 0.0000231. The Balaban J connectivity index is 2.18. The van der Waals surface area contributed by atoms with Crippen molar-refractivity contribution in [3.05, 3.63) is 41.0 Å². The third-order valence-electron chi connectivity index (χ3n) is 3.49. The number of amides is 1. The summed E-state index contributed by atoms with van der Waals surface area (Å²) in [6.45, 7) is 2.69. The number of carbonyl (C=O) groups is 2. The largest absolute Gasteiger partial charge is 0.478 e. The van der Waals surface area contributed by atoms with Crippen LogP contribution in [0.25, 0.3) is 6.08 Å². The fraction of sp³-hybridized carbons (Fsp3) is 0.375. The Labute approximate surface area is 118 Å². The van der Waals surface area contributed by atoms with Gasteiger partial charge in [0.1, 0.15) is 0 Å². The Bertz CT molecular complexity index is 559. The highest BCUT2D eigenvalue weighted by Crippen LogP contribution is 2.29. The number of aliphatic carboxylic acids is 1. The van der Waals surface area contributed by atoms with E-state index < -0.39 is 5.97 Å². The van der Waals surface area contributed by atoms with Crippen LogP contribution in [0.4, 0.5) is 0 Å². The van der Waals surface area contributed by atoms with Gasteiger partial charge in [0.25, 0.3) is 5.91 Å². The van der Waals surface area contributed by atoms with Crippen molar-refractivity contribution in [2.75, 3.05) is 13.6 Å². The molecule has 0 aliphatic heterocycles. The van der Waals surface area contributed by atoms with Gasteiger partial charge >= 0.3 is 5.97 Å². The summed E-state index contributed by atoms with van der Waals surface area (Å²) in [7, 11) is 1.82. The van der Waals surface area contributed by atoms with Crippen LogP contribution in [-0.4, -0.2) is 35.5 Å². The fourth-order valence-corrected chi connectivity index (χ4v) is 2.12. The van der Waals surface area contributed by atoms with Crippen molar-refractivity contribution in [1.29, 1.82) is 0 Å². The third kappa shape index (κ3) is 3.70. The maximum absolute atomic E-state index is 12.4. The number of rotatable bonds is 5. The van der Waals surface area contributed by atoms with Gasteiger partial charge in [-0.25, -0.2) is 4.79 Å². The second-order valence-electron chi connectivity index (χ2n) is 5.37. The summed E-state index contributed by atoms with van der Waals surface area (Å²) in [6, 6.07) is 5.41. The van der Waals surface area contributed by atoms with Crippen LogP contribution >= 0.6 is 0 Å². The highest BCUT2D eigenvalue weighted by Gasteiger charge is 2.25. The minimum atomic E-state index is -0.996. The van der Waals surface area contributed by atoms with Gasteiger partial charge in [0.2, 0.25) is 0 Å². The molecule has 1 N–H and O–H groups in total. The monoisotopic (exact) mass is 273 g/mol. The molecule has 0 heterocycles. The SMILES string of the molecule is Cc1ccc(C=CC(=O)O)cc1C(=O)N(C)CC1CC1. The van der Waals surface area contributed by atoms with Crippen molar-refractivity contribution in [3.8, 4) is 0 Å². The summed E-state index contributed by atoms with van der Waals surface area (Å²) in [4.78, 5) is 24.7. The summed E-state index contributed by atoms with van der Waals surface area (Å²) in [5.41, 5.74) is 2.27. The van der Waals surface area contributed by atoms with Crippen LogP contribution in [0.1, 0.15) is 34.3 Å². The summed E-state index contributed by atoms with van der Waals surface area (Å²) < 4.78 is 0. The molecule has 1 aliphatic carbocycles. The van der Waals surface area contributed by atoms with Crippen molar-refractivity contribution >= 4 is 18.0 Å². The molecule has 1 saturated carbocycles. The molecule has 4 nitrogen and oxygen atoms in total. The molecule has 106 valence electrons. The average molecular weight is 273 g/mol. The molecule has 0 bridgehead atoms. The molecule has 0 spiro atoms. The van der Waals surface area contributed by atoms with E-state index in [-0.39, 0.29) is 5.91 Å². The molecule has 0 radical (unpaired) electrons. The van der Waals surface area contributed by atoms with Crippen molar-refractivity contribution in [1.82, 2.24) is 4.90 Å². The molecule has 0 aromatic heterocycles. The van der Waals surface area contributed by atoms with Gasteiger partial charge in [-0.1, -0.05) is 12.1 Å². The zero-order valence-corrected chi connectivity index (χ0v) is 11.8. The highest BCUT2D eigenvalue weighted by atomic mass is 16.4. The quantitative estimate of drug-likeness (QED) is 0.839. The second kappa shape index (κ2) is 5.90. The first kappa shape index (κ1) is 14.3. The Morgan fingerprint density at radius 2 is 2.10 bits per heavy atom. The Morgan fingerprint density at radius 3 is 2.70 bits per heavy atom. The van der Waals surface area contributed by atoms with E-state index >= 15 is 0 Å². The predicted octanol–water partition coefficient (Wildman–Crippen LogP) is 2.57. The van der Waals surface area contributed by atoms with E-state index in [0.717, 1.165) is 23.7 Å². The predicted molar refractivity (Wildman–Crippen MR) is 77.5 cm³/mol. The molecule has 0 unspecified atom stereocenters. The van der Waals surface area contributed by atoms with Crippen molar-refractivity contribution in [2.24, 2.45) is 5.92 Å². The molecule has 0 atom stereocenters. The minimum Gasteiger partial charge on any atom is -0.478 e. The standard InChI is InChI=1S/C16H19NO3/c1-11-3-4-12(7-8-15(18)19)9-14(11)16(20)17(2)10-13-5-6-13/h3-4,7-9,13H,5-6,10H2,1-2H3,(H,18,19). The summed E-state index contributed by atoms with van der Waals surface area (Å²) in [5, 5.41) is 8.64. The molecule has 1 aliphatic rings. The number of aryl methyl sites for hydroxylation is 1. The number of nitrogens with zero attached hydrogens (tertiary/aromatic N) is 1. The summed E-state index contributed by atoms with van der Waals surface area (Å²) >= 11 is 0. The normalized spacial score (nSPS) is 14.5. The van der Waals surface area contributed by atoms with E-state index in [9.17, 15) is 9.59 Å². The number of hydrogen-bond acceptors (Lipinski definition) is 2. The fourth-order valence-electron chi connectivity index (χ4n) is 2.12. The first-order valence-corrected chi connectivity index (χ1v) is 6.74. The lowest BCUT2D eigenvalue weighted by atomic mass is 10.0. The second-order valence-corrected chi connectivity index (χ2v) is 5.37. The van der Waals surface area contributed by atoms with Gasteiger partial charge in [-0.05, 0) is 49.0 Å². The van der Waals surface area contributed by atoms with Gasteiger partial charge in [-0.15, -0.1) is 0 Å². The van der Waals surface area contributed by atoms with Crippen molar-refractivity contribution < 1.29 is 14.7 Å². The molecule has 4 heteroatoms. The Hall–Kier alpha value is -2.10. The molecule has 1 amide bonds. The Kier molecular flexibility index (Phi) is 4.23. The lowest BCUT2D eigenvalue weighted by molar-refractivity contribution is -0.131.